The lowest BCUT2D eigenvalue weighted by atomic mass is 10.2. The van der Waals surface area contributed by atoms with Crippen LogP contribution in [0.3, 0.4) is 0 Å². The minimum Gasteiger partial charge on any atom is -0.462 e. The number of urea groups is 1. The van der Waals surface area contributed by atoms with Crippen molar-refractivity contribution in [2.45, 2.75) is 25.7 Å². The Balaban J connectivity index is 2.10. The number of hydrogen-bond acceptors (Lipinski definition) is 5. The Labute approximate surface area is 165 Å². The number of carbonyl (C=O) groups is 2. The third-order valence-corrected chi connectivity index (χ3v) is 4.36. The maximum Gasteiger partial charge on any atom is 0.448 e. The van der Waals surface area contributed by atoms with E-state index in [1.54, 1.807) is 17.4 Å². The Bertz CT molecular complexity index is 706. The predicted octanol–water partition coefficient (Wildman–Crippen LogP) is 2.52. The molecule has 0 aliphatic carbocycles. The molecule has 1 aliphatic rings. The molecule has 1 fully saturated rings. The van der Waals surface area contributed by atoms with Gasteiger partial charge in [-0.2, -0.15) is 13.2 Å². The molecular weight excluding hydrogens is 398 g/mol. The highest BCUT2D eigenvalue weighted by molar-refractivity contribution is 5.87. The Morgan fingerprint density at radius 2 is 1.62 bits per heavy atom. The lowest BCUT2D eigenvalue weighted by Gasteiger charge is -2.39. The van der Waals surface area contributed by atoms with E-state index < -0.39 is 30.5 Å². The van der Waals surface area contributed by atoms with Crippen LogP contribution in [0.15, 0.2) is 24.3 Å². The van der Waals surface area contributed by atoms with Crippen LogP contribution in [0.1, 0.15) is 13.8 Å². The van der Waals surface area contributed by atoms with Crippen molar-refractivity contribution >= 4 is 17.7 Å². The molecule has 0 unspecified atom stereocenters. The number of ether oxygens (including phenoxy) is 2. The topological polar surface area (TPSA) is 71.1 Å². The van der Waals surface area contributed by atoms with E-state index in [9.17, 15) is 27.2 Å². The van der Waals surface area contributed by atoms with Crippen LogP contribution < -0.4 is 10.2 Å². The van der Waals surface area contributed by atoms with Crippen molar-refractivity contribution in [3.8, 4) is 0 Å². The van der Waals surface area contributed by atoms with Crippen molar-refractivity contribution in [2.24, 2.45) is 0 Å². The number of nitrogens with zero attached hydrogens (tertiary/aromatic N) is 2. The fourth-order valence-corrected chi connectivity index (χ4v) is 2.91. The first kappa shape index (κ1) is 22.7. The lowest BCUT2D eigenvalue weighted by Crippen LogP contribution is -2.68. The summed E-state index contributed by atoms with van der Waals surface area (Å²) in [7, 11) is 0. The van der Waals surface area contributed by atoms with Crippen molar-refractivity contribution in [1.82, 2.24) is 10.2 Å². The van der Waals surface area contributed by atoms with Gasteiger partial charge in [0, 0.05) is 38.5 Å². The molecule has 2 amide bonds. The van der Waals surface area contributed by atoms with E-state index in [0.717, 1.165) is 10.6 Å². The van der Waals surface area contributed by atoms with Gasteiger partial charge in [0.25, 0.3) is 0 Å². The maximum absolute atomic E-state index is 13.7. The molecule has 11 heteroatoms. The molecule has 162 valence electrons. The Morgan fingerprint density at radius 3 is 2.10 bits per heavy atom. The molecule has 0 radical (unpaired) electrons. The highest BCUT2D eigenvalue weighted by atomic mass is 19.4. The molecular formula is C18H23F4N3O4. The monoisotopic (exact) mass is 421 g/mol. The number of nitrogens with one attached hydrogen (secondary N) is 1. The fraction of sp³-hybridized carbons (Fsp3) is 0.556. The summed E-state index contributed by atoms with van der Waals surface area (Å²) in [5.74, 6) is -2.11. The van der Waals surface area contributed by atoms with Crippen LogP contribution in [0.5, 0.6) is 0 Å². The minimum absolute atomic E-state index is 0.103. The molecule has 1 aromatic rings. The summed E-state index contributed by atoms with van der Waals surface area (Å²) in [5.41, 5.74) is -2.85. The van der Waals surface area contributed by atoms with E-state index >= 15 is 0 Å². The Morgan fingerprint density at radius 1 is 1.03 bits per heavy atom. The molecule has 1 aliphatic heterocycles. The van der Waals surface area contributed by atoms with E-state index in [1.807, 2.05) is 4.90 Å². The molecule has 0 saturated carbocycles. The van der Waals surface area contributed by atoms with Crippen LogP contribution in [0, 0.1) is 5.82 Å². The van der Waals surface area contributed by atoms with Gasteiger partial charge in [-0.3, -0.25) is 5.32 Å². The predicted molar refractivity (Wildman–Crippen MR) is 95.8 cm³/mol. The molecule has 7 nitrogen and oxygen atoms in total. The first-order valence-corrected chi connectivity index (χ1v) is 9.10. The maximum atomic E-state index is 13.7. The molecule has 29 heavy (non-hydrogen) atoms. The van der Waals surface area contributed by atoms with Gasteiger partial charge in [0.2, 0.25) is 0 Å². The van der Waals surface area contributed by atoms with Gasteiger partial charge in [0.05, 0.1) is 6.61 Å². The first-order chi connectivity index (χ1) is 13.6. The number of hydrogen-bond donors (Lipinski definition) is 1. The second-order valence-corrected chi connectivity index (χ2v) is 6.21. The van der Waals surface area contributed by atoms with Crippen LogP contribution in [-0.4, -0.2) is 68.2 Å². The largest absolute Gasteiger partial charge is 0.462 e. The zero-order valence-electron chi connectivity index (χ0n) is 16.1. The Kier molecular flexibility index (Phi) is 7.28. The van der Waals surface area contributed by atoms with E-state index in [0.29, 0.717) is 13.1 Å². The van der Waals surface area contributed by atoms with Gasteiger partial charge < -0.3 is 19.3 Å². The molecule has 1 aromatic carbocycles. The third kappa shape index (κ3) is 5.08. The zero-order valence-corrected chi connectivity index (χ0v) is 16.1. The van der Waals surface area contributed by atoms with Crippen LogP contribution in [0.25, 0.3) is 0 Å². The van der Waals surface area contributed by atoms with Crippen molar-refractivity contribution in [3.05, 3.63) is 30.1 Å². The van der Waals surface area contributed by atoms with Crippen molar-refractivity contribution in [3.63, 3.8) is 0 Å². The van der Waals surface area contributed by atoms with Crippen LogP contribution in [-0.2, 0) is 14.3 Å². The first-order valence-electron chi connectivity index (χ1n) is 9.10. The average molecular weight is 421 g/mol. The number of piperazine rings is 1. The third-order valence-electron chi connectivity index (χ3n) is 4.36. The van der Waals surface area contributed by atoms with E-state index in [-0.39, 0.29) is 25.5 Å². The van der Waals surface area contributed by atoms with Gasteiger partial charge >= 0.3 is 23.9 Å². The number of carbonyl (C=O) groups excluding carboxylic acids is 2. The van der Waals surface area contributed by atoms with Crippen molar-refractivity contribution in [2.75, 3.05) is 44.3 Å². The standard InChI is InChI=1S/C18H23F4N3O4/c1-3-28-15(26)17(29-4-2,18(20,21)22)23-16(27)25-11-9-24(10-12-25)14-7-5-13(19)6-8-14/h5-8H,3-4,9-12H2,1-2H3,(H,23,27)/t17-/m1/s1. The molecule has 2 rings (SSSR count). The minimum atomic E-state index is -5.22. The molecule has 1 heterocycles. The van der Waals surface area contributed by atoms with Gasteiger partial charge in [-0.1, -0.05) is 0 Å². The molecule has 0 bridgehead atoms. The number of anilines is 1. The summed E-state index contributed by atoms with van der Waals surface area (Å²) in [6.07, 6.45) is -5.22. The van der Waals surface area contributed by atoms with Crippen molar-refractivity contribution < 1.29 is 36.6 Å². The van der Waals surface area contributed by atoms with E-state index in [1.165, 1.54) is 26.0 Å². The number of amides is 2. The van der Waals surface area contributed by atoms with E-state index in [4.69, 9.17) is 0 Å². The lowest BCUT2D eigenvalue weighted by molar-refractivity contribution is -0.283. The summed E-state index contributed by atoms with van der Waals surface area (Å²) in [6, 6.07) is 4.66. The fourth-order valence-electron chi connectivity index (χ4n) is 2.91. The van der Waals surface area contributed by atoms with E-state index in [2.05, 4.69) is 9.47 Å². The second-order valence-electron chi connectivity index (χ2n) is 6.21. The van der Waals surface area contributed by atoms with Crippen LogP contribution >= 0.6 is 0 Å². The average Bonchev–Trinajstić information content (AvgIpc) is 2.67. The number of halogens is 4. The van der Waals surface area contributed by atoms with Gasteiger partial charge in [-0.05, 0) is 38.1 Å². The SMILES string of the molecule is CCOC(=O)[C@@](NC(=O)N1CCN(c2ccc(F)cc2)CC1)(OCC)C(F)(F)F. The molecule has 1 N–H and O–H groups in total. The summed E-state index contributed by atoms with van der Waals surface area (Å²) in [5, 5.41) is 1.68. The van der Waals surface area contributed by atoms with Crippen molar-refractivity contribution in [1.29, 1.82) is 0 Å². The van der Waals surface area contributed by atoms with Gasteiger partial charge in [-0.25, -0.2) is 14.0 Å². The van der Waals surface area contributed by atoms with Gasteiger partial charge in [0.15, 0.2) is 0 Å². The normalized spacial score (nSPS) is 16.9. The molecule has 1 atom stereocenters. The summed E-state index contributed by atoms with van der Waals surface area (Å²) < 4.78 is 63.3. The number of esters is 1. The summed E-state index contributed by atoms with van der Waals surface area (Å²) in [4.78, 5) is 27.6. The summed E-state index contributed by atoms with van der Waals surface area (Å²) >= 11 is 0. The Hall–Kier alpha value is -2.56. The highest BCUT2D eigenvalue weighted by Gasteiger charge is 2.65. The molecule has 0 spiro atoms. The van der Waals surface area contributed by atoms with Gasteiger partial charge in [-0.15, -0.1) is 0 Å². The summed E-state index contributed by atoms with van der Waals surface area (Å²) in [6.45, 7) is 2.69. The van der Waals surface area contributed by atoms with Crippen LogP contribution in [0.2, 0.25) is 0 Å². The number of alkyl halides is 3. The molecule has 0 aromatic heterocycles. The molecule has 1 saturated heterocycles. The second kappa shape index (κ2) is 9.29. The zero-order chi connectivity index (χ0) is 21.7. The smallest absolute Gasteiger partial charge is 0.448 e. The van der Waals surface area contributed by atoms with Gasteiger partial charge in [0.1, 0.15) is 5.82 Å². The number of rotatable bonds is 6. The van der Waals surface area contributed by atoms with Crippen LogP contribution in [0.4, 0.5) is 28.0 Å². The quantitative estimate of drug-likeness (QED) is 0.434. The number of benzene rings is 1. The highest BCUT2D eigenvalue weighted by Crippen LogP contribution is 2.33.